The number of hydrogen-bond donors (Lipinski definition) is 0. The largest absolute Gasteiger partial charge is 0.423 e. The topological polar surface area (TPSA) is 46.6 Å². The number of rotatable bonds is 9. The van der Waals surface area contributed by atoms with E-state index < -0.39 is 5.97 Å². The number of hydrogen-bond acceptors (Lipinski definition) is 4. The summed E-state index contributed by atoms with van der Waals surface area (Å²) in [6.07, 6.45) is 2.82. The number of benzene rings is 4. The molecular weight excluding hydrogens is 422 g/mol. The predicted octanol–water partition coefficient (Wildman–Crippen LogP) is 6.57. The Kier molecular flexibility index (Phi) is 6.99. The molecule has 0 spiro atoms. The van der Waals surface area contributed by atoms with E-state index >= 15 is 0 Å². The molecule has 34 heavy (non-hydrogen) atoms. The first kappa shape index (κ1) is 22.7. The monoisotopic (exact) mass is 447 g/mol. The first-order chi connectivity index (χ1) is 16.6. The van der Waals surface area contributed by atoms with Gasteiger partial charge in [0.15, 0.2) is 5.78 Å². The number of carbonyl (C=O) groups is 2. The zero-order valence-corrected chi connectivity index (χ0v) is 18.8. The molecule has 0 N–H and O–H groups in total. The van der Waals surface area contributed by atoms with Crippen LogP contribution in [0.25, 0.3) is 10.8 Å². The van der Waals surface area contributed by atoms with Gasteiger partial charge in [0.2, 0.25) is 0 Å². The molecule has 4 heteroatoms. The van der Waals surface area contributed by atoms with Gasteiger partial charge < -0.3 is 9.64 Å². The van der Waals surface area contributed by atoms with E-state index in [1.54, 1.807) is 12.1 Å². The average Bonchev–Trinajstić information content (AvgIpc) is 2.88. The molecule has 0 aliphatic heterocycles. The van der Waals surface area contributed by atoms with Crippen molar-refractivity contribution in [2.24, 2.45) is 0 Å². The summed E-state index contributed by atoms with van der Waals surface area (Å²) in [6, 6.07) is 30.0. The summed E-state index contributed by atoms with van der Waals surface area (Å²) in [4.78, 5) is 25.5. The highest BCUT2D eigenvalue weighted by atomic mass is 16.5. The van der Waals surface area contributed by atoms with Crippen LogP contribution in [-0.2, 0) is 22.6 Å². The molecule has 0 heterocycles. The molecule has 0 aliphatic rings. The Morgan fingerprint density at radius 1 is 0.765 bits per heavy atom. The van der Waals surface area contributed by atoms with Crippen LogP contribution in [0, 0.1) is 0 Å². The maximum Gasteiger partial charge on any atom is 0.335 e. The minimum absolute atomic E-state index is 0.00924. The number of fused-ring (bicyclic) bond motifs is 1. The van der Waals surface area contributed by atoms with Crippen LogP contribution in [-0.4, -0.2) is 11.8 Å². The lowest BCUT2D eigenvalue weighted by Gasteiger charge is -2.26. The second-order valence-corrected chi connectivity index (χ2v) is 7.86. The van der Waals surface area contributed by atoms with Gasteiger partial charge >= 0.3 is 5.97 Å². The molecule has 0 unspecified atom stereocenters. The van der Waals surface area contributed by atoms with Crippen LogP contribution in [0.1, 0.15) is 11.1 Å². The lowest BCUT2D eigenvalue weighted by Crippen LogP contribution is -2.17. The standard InChI is InChI=1S/C30H25NO3/c1-3-27(32)20-22-12-14-25(15-13-22)31(26-16-18-28(19-17-26)34-30(33)4-2)21-24-10-7-9-23-8-5-6-11-29(23)24/h3-19H,1-2,20-21H2. The van der Waals surface area contributed by atoms with E-state index in [1.807, 2.05) is 48.5 Å². The molecule has 0 amide bonds. The van der Waals surface area contributed by atoms with Crippen LogP contribution in [0.3, 0.4) is 0 Å². The SMILES string of the molecule is C=CC(=O)Cc1ccc(N(Cc2cccc3ccccc23)c2ccc(OC(=O)C=C)cc2)cc1. The van der Waals surface area contributed by atoms with Crippen molar-refractivity contribution in [1.82, 2.24) is 0 Å². The summed E-state index contributed by atoms with van der Waals surface area (Å²) >= 11 is 0. The summed E-state index contributed by atoms with van der Waals surface area (Å²) in [5, 5.41) is 2.38. The number of esters is 1. The van der Waals surface area contributed by atoms with Crippen LogP contribution < -0.4 is 9.64 Å². The van der Waals surface area contributed by atoms with Gasteiger partial charge in [0.05, 0.1) is 0 Å². The number of ketones is 1. The molecule has 0 saturated heterocycles. The number of allylic oxidation sites excluding steroid dienone is 1. The number of carbonyl (C=O) groups excluding carboxylic acids is 2. The van der Waals surface area contributed by atoms with Gasteiger partial charge in [0.1, 0.15) is 5.75 Å². The molecule has 168 valence electrons. The fraction of sp³-hybridized carbons (Fsp3) is 0.0667. The van der Waals surface area contributed by atoms with Gasteiger partial charge in [-0.1, -0.05) is 67.8 Å². The molecule has 0 saturated carbocycles. The number of ether oxygens (including phenoxy) is 1. The van der Waals surface area contributed by atoms with Gasteiger partial charge in [-0.15, -0.1) is 0 Å². The second-order valence-electron chi connectivity index (χ2n) is 7.86. The molecule has 0 aliphatic carbocycles. The molecule has 4 aromatic rings. The average molecular weight is 448 g/mol. The van der Waals surface area contributed by atoms with Crippen LogP contribution in [0.4, 0.5) is 11.4 Å². The summed E-state index contributed by atoms with van der Waals surface area (Å²) in [7, 11) is 0. The maximum absolute atomic E-state index is 11.7. The molecule has 0 atom stereocenters. The Hall–Kier alpha value is -4.44. The zero-order chi connectivity index (χ0) is 23.9. The third-order valence-electron chi connectivity index (χ3n) is 5.60. The minimum atomic E-state index is -0.495. The Balaban J connectivity index is 1.70. The molecule has 0 fully saturated rings. The maximum atomic E-state index is 11.7. The first-order valence-electron chi connectivity index (χ1n) is 11.0. The summed E-state index contributed by atoms with van der Waals surface area (Å²) in [5.41, 5.74) is 4.05. The Bertz CT molecular complexity index is 1270. The van der Waals surface area contributed by atoms with Crippen molar-refractivity contribution in [3.05, 3.63) is 127 Å². The van der Waals surface area contributed by atoms with E-state index in [4.69, 9.17) is 4.74 Å². The van der Waals surface area contributed by atoms with Gasteiger partial charge in [-0.05, 0) is 64.4 Å². The summed E-state index contributed by atoms with van der Waals surface area (Å²) < 4.78 is 5.23. The van der Waals surface area contributed by atoms with Crippen LogP contribution in [0.15, 0.2) is 116 Å². The van der Waals surface area contributed by atoms with Gasteiger partial charge in [-0.25, -0.2) is 4.79 Å². The highest BCUT2D eigenvalue weighted by Gasteiger charge is 2.13. The highest BCUT2D eigenvalue weighted by molar-refractivity contribution is 5.91. The zero-order valence-electron chi connectivity index (χ0n) is 18.8. The Morgan fingerprint density at radius 3 is 2.09 bits per heavy atom. The third kappa shape index (κ3) is 5.30. The Labute approximate surface area is 199 Å². The lowest BCUT2D eigenvalue weighted by molar-refractivity contribution is -0.129. The fourth-order valence-corrected chi connectivity index (χ4v) is 3.85. The molecule has 0 aromatic heterocycles. The van der Waals surface area contributed by atoms with Crippen molar-refractivity contribution < 1.29 is 14.3 Å². The van der Waals surface area contributed by atoms with E-state index in [2.05, 4.69) is 48.4 Å². The Morgan fingerprint density at radius 2 is 1.41 bits per heavy atom. The van der Waals surface area contributed by atoms with Crippen LogP contribution in [0.5, 0.6) is 5.75 Å². The summed E-state index contributed by atoms with van der Waals surface area (Å²) in [6.45, 7) is 7.62. The van der Waals surface area contributed by atoms with Crippen molar-refractivity contribution in [3.8, 4) is 5.75 Å². The second kappa shape index (κ2) is 10.5. The molecule has 4 aromatic carbocycles. The molecule has 4 nitrogen and oxygen atoms in total. The third-order valence-corrected chi connectivity index (χ3v) is 5.60. The molecule has 4 rings (SSSR count). The quantitative estimate of drug-likeness (QED) is 0.165. The highest BCUT2D eigenvalue weighted by Crippen LogP contribution is 2.31. The molecular formula is C30H25NO3. The smallest absolute Gasteiger partial charge is 0.335 e. The summed E-state index contributed by atoms with van der Waals surface area (Å²) in [5.74, 6) is -0.0490. The van der Waals surface area contributed by atoms with E-state index in [-0.39, 0.29) is 5.78 Å². The predicted molar refractivity (Wildman–Crippen MR) is 137 cm³/mol. The van der Waals surface area contributed by atoms with E-state index in [0.29, 0.717) is 18.7 Å². The normalized spacial score (nSPS) is 10.5. The molecule has 0 bridgehead atoms. The molecule has 0 radical (unpaired) electrons. The van der Waals surface area contributed by atoms with Gasteiger partial charge in [-0.3, -0.25) is 4.79 Å². The minimum Gasteiger partial charge on any atom is -0.423 e. The van der Waals surface area contributed by atoms with Crippen LogP contribution >= 0.6 is 0 Å². The first-order valence-corrected chi connectivity index (χ1v) is 11.0. The number of anilines is 2. The van der Waals surface area contributed by atoms with Crippen molar-refractivity contribution in [2.75, 3.05) is 4.90 Å². The fourth-order valence-electron chi connectivity index (χ4n) is 3.85. The van der Waals surface area contributed by atoms with Crippen LogP contribution in [0.2, 0.25) is 0 Å². The van der Waals surface area contributed by atoms with E-state index in [0.717, 1.165) is 23.0 Å². The number of nitrogens with zero attached hydrogens (tertiary/aromatic N) is 1. The van der Waals surface area contributed by atoms with Crippen molar-refractivity contribution in [3.63, 3.8) is 0 Å². The van der Waals surface area contributed by atoms with Crippen molar-refractivity contribution in [2.45, 2.75) is 13.0 Å². The lowest BCUT2D eigenvalue weighted by atomic mass is 10.0. The van der Waals surface area contributed by atoms with Gasteiger partial charge in [0.25, 0.3) is 0 Å². The van der Waals surface area contributed by atoms with Crippen molar-refractivity contribution >= 4 is 33.9 Å². The van der Waals surface area contributed by atoms with Gasteiger partial charge in [0, 0.05) is 30.4 Å². The van der Waals surface area contributed by atoms with Crippen molar-refractivity contribution in [1.29, 1.82) is 0 Å². The van der Waals surface area contributed by atoms with E-state index in [1.165, 1.54) is 22.4 Å². The van der Waals surface area contributed by atoms with Gasteiger partial charge in [-0.2, -0.15) is 0 Å². The van der Waals surface area contributed by atoms with E-state index in [9.17, 15) is 9.59 Å².